The Balaban J connectivity index is 1.73. The first-order valence-electron chi connectivity index (χ1n) is 8.82. The highest BCUT2D eigenvalue weighted by atomic mass is 19.1. The largest absolute Gasteiger partial charge is 0.486 e. The van der Waals surface area contributed by atoms with E-state index in [1.165, 1.54) is 0 Å². The lowest BCUT2D eigenvalue weighted by molar-refractivity contribution is 0.169. The Hall–Kier alpha value is -2.03. The minimum absolute atomic E-state index is 0.0270. The number of ether oxygens (including phenoxy) is 2. The highest BCUT2D eigenvalue weighted by Crippen LogP contribution is 2.35. The molecule has 1 atom stereocenters. The lowest BCUT2D eigenvalue weighted by Gasteiger charge is -2.22. The first-order valence-corrected chi connectivity index (χ1v) is 8.82. The molecule has 0 radical (unpaired) electrons. The van der Waals surface area contributed by atoms with Gasteiger partial charge in [-0.2, -0.15) is 0 Å². The number of hydrogen-bond acceptors (Lipinski definition) is 2. The summed E-state index contributed by atoms with van der Waals surface area (Å²) in [6.45, 7) is 5.43. The summed E-state index contributed by atoms with van der Waals surface area (Å²) in [5.41, 5.74) is 2.79. The van der Waals surface area contributed by atoms with E-state index in [0.717, 1.165) is 53.9 Å². The van der Waals surface area contributed by atoms with Gasteiger partial charge in [-0.1, -0.05) is 50.6 Å². The van der Waals surface area contributed by atoms with E-state index in [1.807, 2.05) is 30.3 Å². The number of rotatable bonds is 6. The summed E-state index contributed by atoms with van der Waals surface area (Å²) < 4.78 is 26.0. The molecule has 0 saturated carbocycles. The molecule has 0 N–H and O–H groups in total. The molecule has 0 amide bonds. The molecule has 24 heavy (non-hydrogen) atoms. The molecule has 0 saturated heterocycles. The van der Waals surface area contributed by atoms with Gasteiger partial charge >= 0.3 is 0 Å². The highest BCUT2D eigenvalue weighted by Gasteiger charge is 2.18. The van der Waals surface area contributed by atoms with E-state index in [9.17, 15) is 4.39 Å². The van der Waals surface area contributed by atoms with Gasteiger partial charge in [0.1, 0.15) is 19.0 Å². The monoisotopic (exact) mass is 328 g/mol. The van der Waals surface area contributed by atoms with Crippen LogP contribution in [0.3, 0.4) is 0 Å². The first kappa shape index (κ1) is 16.8. The van der Waals surface area contributed by atoms with Crippen molar-refractivity contribution in [3.8, 4) is 11.5 Å². The van der Waals surface area contributed by atoms with Crippen LogP contribution >= 0.6 is 0 Å². The van der Waals surface area contributed by atoms with Crippen LogP contribution in [0.1, 0.15) is 37.0 Å². The van der Waals surface area contributed by atoms with Crippen LogP contribution in [0.5, 0.6) is 11.5 Å². The third-order valence-electron chi connectivity index (χ3n) is 4.46. The Labute approximate surface area is 143 Å². The third-order valence-corrected chi connectivity index (χ3v) is 4.46. The summed E-state index contributed by atoms with van der Waals surface area (Å²) in [5, 5.41) is 0. The second-order valence-corrected chi connectivity index (χ2v) is 6.59. The maximum atomic E-state index is 14.6. The first-order chi connectivity index (χ1) is 11.7. The van der Waals surface area contributed by atoms with Gasteiger partial charge in [-0.15, -0.1) is 0 Å². The quantitative estimate of drug-likeness (QED) is 0.745. The van der Waals surface area contributed by atoms with Gasteiger partial charge in [0.2, 0.25) is 0 Å². The molecule has 1 aliphatic rings. The molecule has 1 aliphatic heterocycles. The van der Waals surface area contributed by atoms with Crippen molar-refractivity contribution in [2.75, 3.05) is 13.2 Å². The fourth-order valence-electron chi connectivity index (χ4n) is 3.37. The summed E-state index contributed by atoms with van der Waals surface area (Å²) in [5.74, 6) is 1.98. The molecule has 0 aromatic heterocycles. The molecular weight excluding hydrogens is 303 g/mol. The number of halogens is 1. The summed E-state index contributed by atoms with van der Waals surface area (Å²) in [6.07, 6.45) is 3.34. The van der Waals surface area contributed by atoms with Crippen LogP contribution in [-0.2, 0) is 19.3 Å². The van der Waals surface area contributed by atoms with Gasteiger partial charge in [0.25, 0.3) is 0 Å². The average Bonchev–Trinajstić information content (AvgIpc) is 2.59. The van der Waals surface area contributed by atoms with Crippen molar-refractivity contribution in [3.63, 3.8) is 0 Å². The predicted octanol–water partition coefficient (Wildman–Crippen LogP) is 4.97. The molecule has 1 heterocycles. The molecule has 0 bridgehead atoms. The van der Waals surface area contributed by atoms with E-state index in [0.29, 0.717) is 19.1 Å². The van der Waals surface area contributed by atoms with Gasteiger partial charge in [0.05, 0.1) is 0 Å². The molecule has 128 valence electrons. The van der Waals surface area contributed by atoms with Crippen LogP contribution in [-0.4, -0.2) is 13.2 Å². The molecule has 2 aromatic rings. The molecule has 2 aromatic carbocycles. The van der Waals surface area contributed by atoms with Gasteiger partial charge in [-0.25, -0.2) is 4.39 Å². The van der Waals surface area contributed by atoms with Crippen LogP contribution in [0, 0.1) is 11.7 Å². The maximum Gasteiger partial charge on any atom is 0.164 e. The topological polar surface area (TPSA) is 18.5 Å². The van der Waals surface area contributed by atoms with Crippen LogP contribution in [0.4, 0.5) is 4.39 Å². The average molecular weight is 328 g/mol. The Morgan fingerprint density at radius 2 is 1.62 bits per heavy atom. The minimum atomic E-state index is -0.0270. The molecule has 0 fully saturated rings. The summed E-state index contributed by atoms with van der Waals surface area (Å²) in [6, 6.07) is 11.8. The van der Waals surface area contributed by atoms with Crippen molar-refractivity contribution in [1.82, 2.24) is 0 Å². The van der Waals surface area contributed by atoms with E-state index in [-0.39, 0.29) is 5.82 Å². The van der Waals surface area contributed by atoms with E-state index in [4.69, 9.17) is 9.47 Å². The van der Waals surface area contributed by atoms with Crippen molar-refractivity contribution in [3.05, 3.63) is 58.9 Å². The smallest absolute Gasteiger partial charge is 0.164 e. The molecule has 0 aliphatic carbocycles. The lowest BCUT2D eigenvalue weighted by Crippen LogP contribution is -2.17. The van der Waals surface area contributed by atoms with E-state index >= 15 is 0 Å². The van der Waals surface area contributed by atoms with Crippen molar-refractivity contribution >= 4 is 0 Å². The van der Waals surface area contributed by atoms with Crippen LogP contribution in [0.2, 0.25) is 0 Å². The second-order valence-electron chi connectivity index (χ2n) is 6.59. The fraction of sp³-hybridized carbons (Fsp3) is 0.429. The van der Waals surface area contributed by atoms with Gasteiger partial charge in [-0.05, 0) is 47.9 Å². The van der Waals surface area contributed by atoms with Crippen LogP contribution in [0.25, 0.3) is 0 Å². The Kier molecular flexibility index (Phi) is 5.39. The summed E-state index contributed by atoms with van der Waals surface area (Å²) in [7, 11) is 0. The summed E-state index contributed by atoms with van der Waals surface area (Å²) in [4.78, 5) is 0. The minimum Gasteiger partial charge on any atom is -0.486 e. The number of fused-ring (bicyclic) bond motifs is 1. The molecule has 3 heteroatoms. The van der Waals surface area contributed by atoms with Gasteiger partial charge in [-0.3, -0.25) is 0 Å². The van der Waals surface area contributed by atoms with Crippen LogP contribution < -0.4 is 9.47 Å². The van der Waals surface area contributed by atoms with Crippen molar-refractivity contribution in [2.24, 2.45) is 5.92 Å². The van der Waals surface area contributed by atoms with Crippen molar-refractivity contribution in [1.29, 1.82) is 0 Å². The molecule has 1 unspecified atom stereocenters. The number of benzene rings is 2. The number of hydrogen-bond donors (Lipinski definition) is 0. The SMILES string of the molecule is CCCc1cccc(CC(C)Cc2cccc3c2OCCO3)c1F. The lowest BCUT2D eigenvalue weighted by atomic mass is 9.92. The molecule has 3 rings (SSSR count). The number of aryl methyl sites for hydroxylation is 1. The predicted molar refractivity (Wildman–Crippen MR) is 94.4 cm³/mol. The van der Waals surface area contributed by atoms with Crippen molar-refractivity contribution < 1.29 is 13.9 Å². The molecule has 2 nitrogen and oxygen atoms in total. The van der Waals surface area contributed by atoms with Gasteiger partial charge in [0, 0.05) is 0 Å². The highest BCUT2D eigenvalue weighted by molar-refractivity contribution is 5.47. The molecular formula is C21H25FO2. The standard InChI is InChI=1S/C21H25FO2/c1-3-6-16-7-4-8-17(20(16)22)13-15(2)14-18-9-5-10-19-21(18)24-12-11-23-19/h4-5,7-10,15H,3,6,11-14H2,1-2H3. The zero-order chi connectivity index (χ0) is 16.9. The van der Waals surface area contributed by atoms with E-state index in [2.05, 4.69) is 19.9 Å². The van der Waals surface area contributed by atoms with Gasteiger partial charge < -0.3 is 9.47 Å². The Morgan fingerprint density at radius 1 is 0.958 bits per heavy atom. The number of para-hydroxylation sites is 1. The fourth-order valence-corrected chi connectivity index (χ4v) is 3.37. The molecule has 0 spiro atoms. The van der Waals surface area contributed by atoms with Crippen LogP contribution in [0.15, 0.2) is 36.4 Å². The zero-order valence-electron chi connectivity index (χ0n) is 14.5. The Morgan fingerprint density at radius 3 is 2.46 bits per heavy atom. The van der Waals surface area contributed by atoms with Gasteiger partial charge in [0.15, 0.2) is 11.5 Å². The van der Waals surface area contributed by atoms with Crippen molar-refractivity contribution in [2.45, 2.75) is 39.5 Å². The summed E-state index contributed by atoms with van der Waals surface area (Å²) >= 11 is 0. The normalized spacial score (nSPS) is 14.5. The zero-order valence-corrected chi connectivity index (χ0v) is 14.5. The third kappa shape index (κ3) is 3.72. The van der Waals surface area contributed by atoms with E-state index in [1.54, 1.807) is 0 Å². The second kappa shape index (κ2) is 7.69. The van der Waals surface area contributed by atoms with E-state index < -0.39 is 0 Å². The Bertz CT molecular complexity index is 696. The maximum absolute atomic E-state index is 14.6.